The number of thiophene rings is 1. The molecule has 0 bridgehead atoms. The van der Waals surface area contributed by atoms with E-state index in [1.807, 2.05) is 19.9 Å². The Morgan fingerprint density at radius 2 is 2.10 bits per heavy atom. The quantitative estimate of drug-likeness (QED) is 0.910. The highest BCUT2D eigenvalue weighted by Crippen LogP contribution is 2.22. The summed E-state index contributed by atoms with van der Waals surface area (Å²) in [5.74, 6) is -1.22. The highest BCUT2D eigenvalue weighted by molar-refractivity contribution is 7.12. The maximum atomic E-state index is 12.2. The van der Waals surface area contributed by atoms with Crippen molar-refractivity contribution in [2.45, 2.75) is 26.8 Å². The summed E-state index contributed by atoms with van der Waals surface area (Å²) in [5, 5.41) is 13.7. The molecule has 0 aliphatic carbocycles. The molecule has 5 nitrogen and oxygen atoms in total. The summed E-state index contributed by atoms with van der Waals surface area (Å²) in [7, 11) is 0. The molecule has 0 saturated heterocycles. The number of amides is 1. The van der Waals surface area contributed by atoms with Gasteiger partial charge in [-0.3, -0.25) is 4.79 Å². The van der Waals surface area contributed by atoms with Gasteiger partial charge in [-0.1, -0.05) is 0 Å². The minimum atomic E-state index is -1.06. The molecule has 0 spiro atoms. The second-order valence-electron chi connectivity index (χ2n) is 4.40. The SMILES string of the molecule is Cc1cc(C(=O)NC(C)c2nc(C(=O)O)cs2)c(C)s1. The second kappa shape index (κ2) is 5.72. The largest absolute Gasteiger partial charge is 0.476 e. The van der Waals surface area contributed by atoms with Gasteiger partial charge in [0, 0.05) is 15.1 Å². The molecular formula is C13H14N2O3S2. The van der Waals surface area contributed by atoms with Crippen LogP contribution in [0, 0.1) is 13.8 Å². The fourth-order valence-electron chi connectivity index (χ4n) is 1.78. The number of carbonyl (C=O) groups is 2. The van der Waals surface area contributed by atoms with E-state index >= 15 is 0 Å². The first-order valence-corrected chi connectivity index (χ1v) is 7.64. The van der Waals surface area contributed by atoms with Gasteiger partial charge in [-0.15, -0.1) is 22.7 Å². The van der Waals surface area contributed by atoms with Gasteiger partial charge in [-0.25, -0.2) is 9.78 Å². The normalized spacial score (nSPS) is 12.2. The summed E-state index contributed by atoms with van der Waals surface area (Å²) in [6.45, 7) is 5.65. The van der Waals surface area contributed by atoms with E-state index in [0.717, 1.165) is 9.75 Å². The van der Waals surface area contributed by atoms with E-state index in [-0.39, 0.29) is 17.6 Å². The van der Waals surface area contributed by atoms with Crippen molar-refractivity contribution in [3.8, 4) is 0 Å². The number of nitrogens with one attached hydrogen (secondary N) is 1. The number of rotatable bonds is 4. The Labute approximate surface area is 124 Å². The van der Waals surface area contributed by atoms with Gasteiger partial charge in [-0.2, -0.15) is 0 Å². The van der Waals surface area contributed by atoms with E-state index in [0.29, 0.717) is 10.6 Å². The molecule has 0 saturated carbocycles. The maximum absolute atomic E-state index is 12.2. The smallest absolute Gasteiger partial charge is 0.355 e. The number of hydrogen-bond donors (Lipinski definition) is 2. The van der Waals surface area contributed by atoms with Crippen LogP contribution in [0.3, 0.4) is 0 Å². The van der Waals surface area contributed by atoms with E-state index in [4.69, 9.17) is 5.11 Å². The molecule has 2 N–H and O–H groups in total. The van der Waals surface area contributed by atoms with Crippen LogP contribution in [0.15, 0.2) is 11.4 Å². The van der Waals surface area contributed by atoms with E-state index in [1.165, 1.54) is 16.7 Å². The standard InChI is InChI=1S/C13H14N2O3S2/c1-6-4-9(8(3)20-6)11(16)14-7(2)12-15-10(5-19-12)13(17)18/h4-5,7H,1-3H3,(H,14,16)(H,17,18). The van der Waals surface area contributed by atoms with Gasteiger partial charge in [0.25, 0.3) is 5.91 Å². The van der Waals surface area contributed by atoms with Crippen molar-refractivity contribution in [1.29, 1.82) is 0 Å². The zero-order valence-corrected chi connectivity index (χ0v) is 12.9. The highest BCUT2D eigenvalue weighted by Gasteiger charge is 2.18. The lowest BCUT2D eigenvalue weighted by atomic mass is 10.2. The average Bonchev–Trinajstić information content (AvgIpc) is 2.95. The number of hydrogen-bond acceptors (Lipinski definition) is 5. The number of aromatic carboxylic acids is 1. The highest BCUT2D eigenvalue weighted by atomic mass is 32.1. The van der Waals surface area contributed by atoms with E-state index in [1.54, 1.807) is 18.3 Å². The minimum absolute atomic E-state index is 0.00802. The lowest BCUT2D eigenvalue weighted by molar-refractivity contribution is 0.0691. The molecule has 7 heteroatoms. The summed E-state index contributed by atoms with van der Waals surface area (Å²) >= 11 is 2.81. The van der Waals surface area contributed by atoms with Crippen LogP contribution in [0.5, 0.6) is 0 Å². The third-order valence-electron chi connectivity index (χ3n) is 2.74. The molecule has 1 amide bonds. The number of carboxylic acid groups (broad SMARTS) is 1. The molecule has 2 heterocycles. The maximum Gasteiger partial charge on any atom is 0.355 e. The minimum Gasteiger partial charge on any atom is -0.476 e. The van der Waals surface area contributed by atoms with Gasteiger partial charge in [0.05, 0.1) is 11.6 Å². The fraction of sp³-hybridized carbons (Fsp3) is 0.308. The second-order valence-corrected chi connectivity index (χ2v) is 6.75. The molecule has 0 radical (unpaired) electrons. The molecule has 106 valence electrons. The molecule has 1 unspecified atom stereocenters. The van der Waals surface area contributed by atoms with Crippen LogP contribution in [0.4, 0.5) is 0 Å². The zero-order chi connectivity index (χ0) is 14.9. The number of carboxylic acids is 1. The van der Waals surface area contributed by atoms with Gasteiger partial charge in [0.1, 0.15) is 5.01 Å². The summed E-state index contributed by atoms with van der Waals surface area (Å²) < 4.78 is 0. The number of nitrogens with zero attached hydrogens (tertiary/aromatic N) is 1. The third kappa shape index (κ3) is 3.05. The molecule has 2 rings (SSSR count). The first-order valence-electron chi connectivity index (χ1n) is 5.95. The first kappa shape index (κ1) is 14.7. The monoisotopic (exact) mass is 310 g/mol. The Morgan fingerprint density at radius 3 is 2.60 bits per heavy atom. The molecule has 20 heavy (non-hydrogen) atoms. The van der Waals surface area contributed by atoms with Crippen molar-refractivity contribution in [3.05, 3.63) is 37.5 Å². The van der Waals surface area contributed by atoms with Crippen LogP contribution < -0.4 is 5.32 Å². The number of aryl methyl sites for hydroxylation is 2. The van der Waals surface area contributed by atoms with E-state index in [2.05, 4.69) is 10.3 Å². The lowest BCUT2D eigenvalue weighted by Crippen LogP contribution is -2.26. The molecule has 0 aromatic carbocycles. The Kier molecular flexibility index (Phi) is 4.20. The predicted molar refractivity (Wildman–Crippen MR) is 78.7 cm³/mol. The lowest BCUT2D eigenvalue weighted by Gasteiger charge is -2.10. The van der Waals surface area contributed by atoms with Crippen molar-refractivity contribution in [3.63, 3.8) is 0 Å². The van der Waals surface area contributed by atoms with Crippen LogP contribution >= 0.6 is 22.7 Å². The van der Waals surface area contributed by atoms with Crippen molar-refractivity contribution in [2.24, 2.45) is 0 Å². The zero-order valence-electron chi connectivity index (χ0n) is 11.3. The summed E-state index contributed by atoms with van der Waals surface area (Å²) in [4.78, 5) is 29.0. The van der Waals surface area contributed by atoms with Crippen molar-refractivity contribution < 1.29 is 14.7 Å². The average molecular weight is 310 g/mol. The predicted octanol–water partition coefficient (Wildman–Crippen LogP) is 3.01. The summed E-state index contributed by atoms with van der Waals surface area (Å²) in [5.41, 5.74) is 0.669. The molecule has 2 aromatic rings. The number of thiazole rings is 1. The third-order valence-corrected chi connectivity index (χ3v) is 4.74. The van der Waals surface area contributed by atoms with Crippen LogP contribution in [-0.4, -0.2) is 22.0 Å². The molecular weight excluding hydrogens is 296 g/mol. The van der Waals surface area contributed by atoms with Crippen molar-refractivity contribution >= 4 is 34.6 Å². The Hall–Kier alpha value is -1.73. The number of carbonyl (C=O) groups excluding carboxylic acids is 1. The Bertz CT molecular complexity index is 660. The topological polar surface area (TPSA) is 79.3 Å². The van der Waals surface area contributed by atoms with Gasteiger partial charge >= 0.3 is 5.97 Å². The summed E-state index contributed by atoms with van der Waals surface area (Å²) in [6, 6.07) is 1.53. The van der Waals surface area contributed by atoms with Gasteiger partial charge in [0.15, 0.2) is 5.69 Å². The van der Waals surface area contributed by atoms with Crippen molar-refractivity contribution in [1.82, 2.24) is 10.3 Å². The number of aromatic nitrogens is 1. The fourth-order valence-corrected chi connectivity index (χ4v) is 3.50. The molecule has 0 fully saturated rings. The van der Waals surface area contributed by atoms with Crippen LogP contribution in [-0.2, 0) is 0 Å². The van der Waals surface area contributed by atoms with Crippen LogP contribution in [0.2, 0.25) is 0 Å². The van der Waals surface area contributed by atoms with Crippen LogP contribution in [0.1, 0.15) is 48.6 Å². The summed E-state index contributed by atoms with van der Waals surface area (Å²) in [6.07, 6.45) is 0. The van der Waals surface area contributed by atoms with Crippen LogP contribution in [0.25, 0.3) is 0 Å². The van der Waals surface area contributed by atoms with E-state index < -0.39 is 5.97 Å². The Morgan fingerprint density at radius 1 is 1.40 bits per heavy atom. The van der Waals surface area contributed by atoms with Crippen molar-refractivity contribution in [2.75, 3.05) is 0 Å². The first-order chi connectivity index (χ1) is 9.38. The molecule has 0 aliphatic heterocycles. The molecule has 0 aliphatic rings. The van der Waals surface area contributed by atoms with E-state index in [9.17, 15) is 9.59 Å². The Balaban J connectivity index is 2.10. The molecule has 2 aromatic heterocycles. The van der Waals surface area contributed by atoms with Gasteiger partial charge in [-0.05, 0) is 26.8 Å². The van der Waals surface area contributed by atoms with Gasteiger partial charge in [0.2, 0.25) is 0 Å². The molecule has 1 atom stereocenters. The van der Waals surface area contributed by atoms with Gasteiger partial charge < -0.3 is 10.4 Å².